The molecule has 0 fully saturated rings. The minimum Gasteiger partial charge on any atom is -0.497 e. The van der Waals surface area contributed by atoms with E-state index < -0.39 is 5.97 Å². The topological polar surface area (TPSA) is 64.6 Å². The second-order valence-corrected chi connectivity index (χ2v) is 6.33. The monoisotopic (exact) mass is 347 g/mol. The number of hydrogen-bond acceptors (Lipinski definition) is 5. The molecule has 1 amide bonds. The van der Waals surface area contributed by atoms with E-state index in [4.69, 9.17) is 9.47 Å². The number of carbonyl (C=O) groups excluding carboxylic acids is 2. The molecule has 1 aromatic carbocycles. The van der Waals surface area contributed by atoms with Crippen molar-refractivity contribution in [3.05, 3.63) is 45.8 Å². The third kappa shape index (κ3) is 3.76. The zero-order valence-corrected chi connectivity index (χ0v) is 15.1. The van der Waals surface area contributed by atoms with Crippen molar-refractivity contribution in [1.29, 1.82) is 0 Å². The van der Waals surface area contributed by atoms with Gasteiger partial charge < -0.3 is 14.8 Å². The normalized spacial score (nSPS) is 10.3. The summed E-state index contributed by atoms with van der Waals surface area (Å²) in [6, 6.07) is 6.87. The molecule has 24 heavy (non-hydrogen) atoms. The highest BCUT2D eigenvalue weighted by Gasteiger charge is 2.23. The Hall–Kier alpha value is -2.34. The summed E-state index contributed by atoms with van der Waals surface area (Å²) in [6.07, 6.45) is 0.700. The van der Waals surface area contributed by atoms with Gasteiger partial charge in [-0.2, -0.15) is 0 Å². The third-order valence-corrected chi connectivity index (χ3v) is 4.66. The molecule has 0 aliphatic heterocycles. The molecule has 1 heterocycles. The maximum atomic E-state index is 12.5. The predicted octanol–water partition coefficient (Wildman–Crippen LogP) is 4.06. The van der Waals surface area contributed by atoms with E-state index in [-0.39, 0.29) is 5.91 Å². The zero-order chi connectivity index (χ0) is 17.7. The molecule has 0 atom stereocenters. The van der Waals surface area contributed by atoms with Crippen LogP contribution in [0.3, 0.4) is 0 Å². The number of benzene rings is 1. The van der Waals surface area contributed by atoms with Crippen LogP contribution in [0.2, 0.25) is 0 Å². The number of hydrogen-bond donors (Lipinski definition) is 1. The van der Waals surface area contributed by atoms with E-state index >= 15 is 0 Å². The van der Waals surface area contributed by atoms with E-state index in [9.17, 15) is 9.59 Å². The standard InChI is InChI=1S/C18H21NO4S/c1-5-14-11(3)24-17(15(14)18(21)23-6-2)19-16(20)12-8-7-9-13(10-12)22-4/h7-10H,5-6H2,1-4H3,(H,19,20). The van der Waals surface area contributed by atoms with Crippen LogP contribution in [-0.2, 0) is 11.2 Å². The predicted molar refractivity (Wildman–Crippen MR) is 95.3 cm³/mol. The first-order valence-corrected chi connectivity index (χ1v) is 8.58. The first kappa shape index (κ1) is 18.0. The second kappa shape index (κ2) is 7.97. The average Bonchev–Trinajstić information content (AvgIpc) is 2.90. The average molecular weight is 347 g/mol. The fourth-order valence-electron chi connectivity index (χ4n) is 2.45. The number of methoxy groups -OCH3 is 1. The summed E-state index contributed by atoms with van der Waals surface area (Å²) in [5.41, 5.74) is 1.84. The lowest BCUT2D eigenvalue weighted by Crippen LogP contribution is -2.15. The summed E-state index contributed by atoms with van der Waals surface area (Å²) in [7, 11) is 1.55. The van der Waals surface area contributed by atoms with Gasteiger partial charge in [0.25, 0.3) is 5.91 Å². The molecule has 0 bridgehead atoms. The lowest BCUT2D eigenvalue weighted by atomic mass is 10.1. The van der Waals surface area contributed by atoms with Crippen molar-refractivity contribution < 1.29 is 19.1 Å². The summed E-state index contributed by atoms with van der Waals surface area (Å²) >= 11 is 1.39. The molecule has 2 aromatic rings. The Morgan fingerprint density at radius 1 is 1.25 bits per heavy atom. The van der Waals surface area contributed by atoms with E-state index in [1.807, 2.05) is 13.8 Å². The first-order valence-electron chi connectivity index (χ1n) is 7.76. The first-order chi connectivity index (χ1) is 11.5. The number of aryl methyl sites for hydroxylation is 1. The lowest BCUT2D eigenvalue weighted by Gasteiger charge is -2.08. The van der Waals surface area contributed by atoms with Gasteiger partial charge in [-0.05, 0) is 44.0 Å². The number of amides is 1. The zero-order valence-electron chi connectivity index (χ0n) is 14.3. The van der Waals surface area contributed by atoms with Gasteiger partial charge >= 0.3 is 5.97 Å². The van der Waals surface area contributed by atoms with Crippen LogP contribution in [0.4, 0.5) is 5.00 Å². The lowest BCUT2D eigenvalue weighted by molar-refractivity contribution is 0.0527. The fraction of sp³-hybridized carbons (Fsp3) is 0.333. The summed E-state index contributed by atoms with van der Waals surface area (Å²) in [5.74, 6) is -0.0899. The minimum absolute atomic E-state index is 0.289. The maximum absolute atomic E-state index is 12.5. The van der Waals surface area contributed by atoms with Crippen LogP contribution >= 0.6 is 11.3 Å². The molecule has 0 aliphatic carbocycles. The highest BCUT2D eigenvalue weighted by molar-refractivity contribution is 7.16. The van der Waals surface area contributed by atoms with Crippen molar-refractivity contribution in [2.45, 2.75) is 27.2 Å². The van der Waals surface area contributed by atoms with Crippen LogP contribution in [0.15, 0.2) is 24.3 Å². The van der Waals surface area contributed by atoms with E-state index in [0.29, 0.717) is 34.9 Å². The number of esters is 1. The van der Waals surface area contributed by atoms with Crippen LogP contribution in [0.5, 0.6) is 5.75 Å². The highest BCUT2D eigenvalue weighted by atomic mass is 32.1. The molecule has 0 aliphatic rings. The van der Waals surface area contributed by atoms with E-state index in [1.165, 1.54) is 11.3 Å². The Morgan fingerprint density at radius 3 is 2.62 bits per heavy atom. The van der Waals surface area contributed by atoms with Gasteiger partial charge in [-0.1, -0.05) is 13.0 Å². The van der Waals surface area contributed by atoms with Crippen LogP contribution in [0.25, 0.3) is 0 Å². The second-order valence-electron chi connectivity index (χ2n) is 5.10. The van der Waals surface area contributed by atoms with Crippen LogP contribution in [-0.4, -0.2) is 25.6 Å². The van der Waals surface area contributed by atoms with Crippen LogP contribution in [0.1, 0.15) is 45.0 Å². The number of rotatable bonds is 6. The molecule has 6 heteroatoms. The van der Waals surface area contributed by atoms with Gasteiger partial charge in [0, 0.05) is 10.4 Å². The SMILES string of the molecule is CCOC(=O)c1c(NC(=O)c2cccc(OC)c2)sc(C)c1CC. The molecule has 1 N–H and O–H groups in total. The molecular weight excluding hydrogens is 326 g/mol. The van der Waals surface area contributed by atoms with Gasteiger partial charge in [0.2, 0.25) is 0 Å². The minimum atomic E-state index is -0.403. The van der Waals surface area contributed by atoms with Gasteiger partial charge in [0.05, 0.1) is 19.3 Å². The Morgan fingerprint density at radius 2 is 2.00 bits per heavy atom. The Labute approximate surface area is 145 Å². The Balaban J connectivity index is 2.34. The molecule has 0 spiro atoms. The van der Waals surface area contributed by atoms with Crippen molar-refractivity contribution in [2.75, 3.05) is 19.0 Å². The van der Waals surface area contributed by atoms with Crippen molar-refractivity contribution in [1.82, 2.24) is 0 Å². The molecule has 0 saturated heterocycles. The number of carbonyl (C=O) groups is 2. The van der Waals surface area contributed by atoms with Crippen molar-refractivity contribution in [3.63, 3.8) is 0 Å². The fourth-order valence-corrected chi connectivity index (χ4v) is 3.58. The van der Waals surface area contributed by atoms with E-state index in [0.717, 1.165) is 10.4 Å². The molecular formula is C18H21NO4S. The smallest absolute Gasteiger partial charge is 0.341 e. The quantitative estimate of drug-likeness (QED) is 0.801. The molecule has 0 saturated carbocycles. The largest absolute Gasteiger partial charge is 0.497 e. The van der Waals surface area contributed by atoms with E-state index in [2.05, 4.69) is 5.32 Å². The molecule has 128 valence electrons. The molecule has 0 unspecified atom stereocenters. The van der Waals surface area contributed by atoms with Crippen LogP contribution < -0.4 is 10.1 Å². The molecule has 2 rings (SSSR count). The van der Waals surface area contributed by atoms with Crippen LogP contribution in [0, 0.1) is 6.92 Å². The van der Waals surface area contributed by atoms with Gasteiger partial charge in [0.15, 0.2) is 0 Å². The Bertz CT molecular complexity index is 751. The van der Waals surface area contributed by atoms with Crippen molar-refractivity contribution in [3.8, 4) is 5.75 Å². The number of ether oxygens (including phenoxy) is 2. The summed E-state index contributed by atoms with van der Waals surface area (Å²) in [4.78, 5) is 25.8. The van der Waals surface area contributed by atoms with Gasteiger partial charge in [0.1, 0.15) is 10.8 Å². The third-order valence-electron chi connectivity index (χ3n) is 3.60. The van der Waals surface area contributed by atoms with Gasteiger partial charge in [-0.3, -0.25) is 4.79 Å². The maximum Gasteiger partial charge on any atom is 0.341 e. The highest BCUT2D eigenvalue weighted by Crippen LogP contribution is 2.34. The number of anilines is 1. The molecule has 5 nitrogen and oxygen atoms in total. The molecule has 0 radical (unpaired) electrons. The van der Waals surface area contributed by atoms with Gasteiger partial charge in [-0.15, -0.1) is 11.3 Å². The summed E-state index contributed by atoms with van der Waals surface area (Å²) < 4.78 is 10.3. The number of thiophene rings is 1. The van der Waals surface area contributed by atoms with E-state index in [1.54, 1.807) is 38.3 Å². The number of nitrogens with one attached hydrogen (secondary N) is 1. The van der Waals surface area contributed by atoms with Crippen molar-refractivity contribution in [2.24, 2.45) is 0 Å². The van der Waals surface area contributed by atoms with Crippen molar-refractivity contribution >= 4 is 28.2 Å². The van der Waals surface area contributed by atoms with Gasteiger partial charge in [-0.25, -0.2) is 4.79 Å². The molecule has 1 aromatic heterocycles. The summed E-state index contributed by atoms with van der Waals surface area (Å²) in [5, 5.41) is 3.36. The Kier molecular flexibility index (Phi) is 5.98. The summed E-state index contributed by atoms with van der Waals surface area (Å²) in [6.45, 7) is 5.97.